The highest BCUT2D eigenvalue weighted by Gasteiger charge is 2.11. The smallest absolute Gasteiger partial charge is 0.387 e. The van der Waals surface area contributed by atoms with Crippen LogP contribution in [0.3, 0.4) is 0 Å². The van der Waals surface area contributed by atoms with Gasteiger partial charge < -0.3 is 20.9 Å². The number of carbonyl (C=O) groups excluding carboxylic acids is 1. The van der Waals surface area contributed by atoms with Gasteiger partial charge in [0.2, 0.25) is 5.91 Å². The number of alkyl halides is 2. The van der Waals surface area contributed by atoms with Crippen LogP contribution in [0.25, 0.3) is 0 Å². The Balaban J connectivity index is 1.86. The molecule has 2 aromatic rings. The zero-order valence-electron chi connectivity index (χ0n) is 12.0. The van der Waals surface area contributed by atoms with Crippen LogP contribution in [-0.2, 0) is 6.54 Å². The van der Waals surface area contributed by atoms with Gasteiger partial charge in [-0.15, -0.1) is 11.3 Å². The summed E-state index contributed by atoms with van der Waals surface area (Å²) in [5.74, 6) is -0.482. The number of nitrogens with two attached hydrogens (primary N) is 1. The van der Waals surface area contributed by atoms with E-state index < -0.39 is 18.6 Å². The summed E-state index contributed by atoms with van der Waals surface area (Å²) >= 11 is 1.39. The number of aliphatic hydroxyl groups is 1. The van der Waals surface area contributed by atoms with Gasteiger partial charge in [-0.1, -0.05) is 12.1 Å². The minimum Gasteiger partial charge on any atom is -0.435 e. The van der Waals surface area contributed by atoms with Crippen LogP contribution < -0.4 is 15.8 Å². The molecule has 1 aromatic carbocycles. The van der Waals surface area contributed by atoms with Gasteiger partial charge in [0.15, 0.2) is 0 Å². The highest BCUT2D eigenvalue weighted by Crippen LogP contribution is 2.21. The SMILES string of the molecule is NC(=O)c1csc(CNCC(O)c2cccc(OC(F)F)c2)c1. The first-order chi connectivity index (χ1) is 11.0. The van der Waals surface area contributed by atoms with E-state index in [4.69, 9.17) is 5.73 Å². The Bertz CT molecular complexity index is 664. The van der Waals surface area contributed by atoms with Gasteiger partial charge in [0.05, 0.1) is 11.7 Å². The molecule has 23 heavy (non-hydrogen) atoms. The highest BCUT2D eigenvalue weighted by molar-refractivity contribution is 7.10. The summed E-state index contributed by atoms with van der Waals surface area (Å²) in [7, 11) is 0. The van der Waals surface area contributed by atoms with Crippen LogP contribution in [0.1, 0.15) is 26.9 Å². The minimum atomic E-state index is -2.90. The number of rotatable bonds is 8. The maximum absolute atomic E-state index is 12.2. The zero-order chi connectivity index (χ0) is 16.8. The van der Waals surface area contributed by atoms with Crippen LogP contribution in [0.5, 0.6) is 5.75 Å². The molecular formula is C15H16F2N2O3S. The number of aliphatic hydroxyl groups excluding tert-OH is 1. The molecule has 8 heteroatoms. The number of carbonyl (C=O) groups is 1. The second-order valence-electron chi connectivity index (χ2n) is 4.76. The molecule has 5 nitrogen and oxygen atoms in total. The Morgan fingerprint density at radius 2 is 2.17 bits per heavy atom. The molecule has 1 aromatic heterocycles. The lowest BCUT2D eigenvalue weighted by Crippen LogP contribution is -2.20. The number of primary amides is 1. The summed E-state index contributed by atoms with van der Waals surface area (Å²) in [5.41, 5.74) is 6.09. The van der Waals surface area contributed by atoms with Gasteiger partial charge in [-0.25, -0.2) is 0 Å². The number of thiophene rings is 1. The maximum atomic E-state index is 12.2. The molecule has 0 aliphatic heterocycles. The molecule has 4 N–H and O–H groups in total. The topological polar surface area (TPSA) is 84.6 Å². The Morgan fingerprint density at radius 3 is 2.83 bits per heavy atom. The van der Waals surface area contributed by atoms with E-state index in [1.807, 2.05) is 0 Å². The lowest BCUT2D eigenvalue weighted by atomic mass is 10.1. The molecule has 0 bridgehead atoms. The quantitative estimate of drug-likeness (QED) is 0.687. The lowest BCUT2D eigenvalue weighted by molar-refractivity contribution is -0.0499. The molecule has 124 valence electrons. The average Bonchev–Trinajstić information content (AvgIpc) is 2.96. The van der Waals surface area contributed by atoms with Crippen molar-refractivity contribution >= 4 is 17.2 Å². The maximum Gasteiger partial charge on any atom is 0.387 e. The van der Waals surface area contributed by atoms with E-state index in [1.54, 1.807) is 17.5 Å². The van der Waals surface area contributed by atoms with Gasteiger partial charge in [0, 0.05) is 23.3 Å². The normalized spacial score (nSPS) is 12.3. The molecule has 0 saturated carbocycles. The summed E-state index contributed by atoms with van der Waals surface area (Å²) < 4.78 is 28.6. The summed E-state index contributed by atoms with van der Waals surface area (Å²) in [6.07, 6.45) is -0.869. The van der Waals surface area contributed by atoms with E-state index in [-0.39, 0.29) is 12.3 Å². The second-order valence-corrected chi connectivity index (χ2v) is 5.76. The van der Waals surface area contributed by atoms with Gasteiger partial charge in [0.25, 0.3) is 0 Å². The van der Waals surface area contributed by atoms with E-state index >= 15 is 0 Å². The van der Waals surface area contributed by atoms with Crippen LogP contribution >= 0.6 is 11.3 Å². The van der Waals surface area contributed by atoms with Gasteiger partial charge in [-0.2, -0.15) is 8.78 Å². The molecule has 0 aliphatic rings. The van der Waals surface area contributed by atoms with Crippen molar-refractivity contribution in [1.29, 1.82) is 0 Å². The molecule has 0 spiro atoms. The predicted octanol–water partition coefficient (Wildman–Crippen LogP) is 2.27. The lowest BCUT2D eigenvalue weighted by Gasteiger charge is -2.13. The van der Waals surface area contributed by atoms with E-state index in [9.17, 15) is 18.7 Å². The highest BCUT2D eigenvalue weighted by atomic mass is 32.1. The summed E-state index contributed by atoms with van der Waals surface area (Å²) in [5, 5.41) is 14.8. The number of hydrogen-bond acceptors (Lipinski definition) is 5. The third-order valence-electron chi connectivity index (χ3n) is 3.04. The second kappa shape index (κ2) is 8.00. The molecule has 0 radical (unpaired) electrons. The number of nitrogens with one attached hydrogen (secondary N) is 1. The molecule has 1 unspecified atom stereocenters. The van der Waals surface area contributed by atoms with Crippen LogP contribution in [0, 0.1) is 0 Å². The Labute approximate surface area is 135 Å². The molecule has 2 rings (SSSR count). The van der Waals surface area contributed by atoms with Crippen molar-refractivity contribution in [1.82, 2.24) is 5.32 Å². The zero-order valence-corrected chi connectivity index (χ0v) is 12.9. The Morgan fingerprint density at radius 1 is 1.39 bits per heavy atom. The molecular weight excluding hydrogens is 326 g/mol. The van der Waals surface area contributed by atoms with Gasteiger partial charge in [0.1, 0.15) is 5.75 Å². The Kier molecular flexibility index (Phi) is 6.03. The van der Waals surface area contributed by atoms with E-state index in [1.165, 1.54) is 29.5 Å². The fourth-order valence-electron chi connectivity index (χ4n) is 1.95. The third-order valence-corrected chi connectivity index (χ3v) is 3.98. The summed E-state index contributed by atoms with van der Waals surface area (Å²) in [6.45, 7) is -2.22. The monoisotopic (exact) mass is 342 g/mol. The standard InChI is InChI=1S/C15H16F2N2O3S/c16-15(17)22-11-3-1-2-9(4-11)13(20)7-19-6-12-5-10(8-23-12)14(18)21/h1-5,8,13,15,19-20H,6-7H2,(H2,18,21). The van der Waals surface area contributed by atoms with Crippen LogP contribution in [0.2, 0.25) is 0 Å². The average molecular weight is 342 g/mol. The summed E-state index contributed by atoms with van der Waals surface area (Å²) in [4.78, 5) is 11.9. The molecule has 1 amide bonds. The molecule has 1 heterocycles. The van der Waals surface area contributed by atoms with Crippen LogP contribution in [0.15, 0.2) is 35.7 Å². The third kappa shape index (κ3) is 5.27. The van der Waals surface area contributed by atoms with E-state index in [0.717, 1.165) is 4.88 Å². The minimum absolute atomic E-state index is 0.000840. The molecule has 0 fully saturated rings. The van der Waals surface area contributed by atoms with Crippen molar-refractivity contribution in [3.63, 3.8) is 0 Å². The largest absolute Gasteiger partial charge is 0.435 e. The molecule has 1 atom stereocenters. The van der Waals surface area contributed by atoms with Crippen molar-refractivity contribution in [2.45, 2.75) is 19.3 Å². The van der Waals surface area contributed by atoms with Crippen molar-refractivity contribution in [3.8, 4) is 5.75 Å². The van der Waals surface area contributed by atoms with Crippen LogP contribution in [0.4, 0.5) is 8.78 Å². The first-order valence-corrected chi connectivity index (χ1v) is 7.64. The van der Waals surface area contributed by atoms with Crippen LogP contribution in [-0.4, -0.2) is 24.2 Å². The van der Waals surface area contributed by atoms with Crippen molar-refractivity contribution in [2.75, 3.05) is 6.54 Å². The number of ether oxygens (including phenoxy) is 1. The van der Waals surface area contributed by atoms with Gasteiger partial charge in [-0.05, 0) is 23.8 Å². The van der Waals surface area contributed by atoms with Crippen molar-refractivity contribution < 1.29 is 23.4 Å². The van der Waals surface area contributed by atoms with Crippen molar-refractivity contribution in [2.24, 2.45) is 5.73 Å². The first-order valence-electron chi connectivity index (χ1n) is 6.76. The fraction of sp³-hybridized carbons (Fsp3) is 0.267. The first kappa shape index (κ1) is 17.3. The fourth-order valence-corrected chi connectivity index (χ4v) is 2.79. The molecule has 0 saturated heterocycles. The number of hydrogen-bond donors (Lipinski definition) is 3. The summed E-state index contributed by atoms with van der Waals surface area (Å²) in [6, 6.07) is 7.61. The number of amides is 1. The predicted molar refractivity (Wildman–Crippen MR) is 82.6 cm³/mol. The van der Waals surface area contributed by atoms with E-state index in [0.29, 0.717) is 17.7 Å². The number of benzene rings is 1. The van der Waals surface area contributed by atoms with Crippen molar-refractivity contribution in [3.05, 3.63) is 51.7 Å². The Hall–Kier alpha value is -2.03. The van der Waals surface area contributed by atoms with E-state index in [2.05, 4.69) is 10.1 Å². The molecule has 0 aliphatic carbocycles. The van der Waals surface area contributed by atoms with Gasteiger partial charge in [-0.3, -0.25) is 4.79 Å². The number of halogens is 2. The van der Waals surface area contributed by atoms with Gasteiger partial charge >= 0.3 is 6.61 Å².